The average molecular weight is 346 g/mol. The van der Waals surface area contributed by atoms with E-state index in [1.807, 2.05) is 0 Å². The van der Waals surface area contributed by atoms with Crippen molar-refractivity contribution in [2.75, 3.05) is 18.4 Å². The van der Waals surface area contributed by atoms with E-state index in [0.717, 1.165) is 25.9 Å². The van der Waals surface area contributed by atoms with Crippen molar-refractivity contribution in [1.29, 1.82) is 0 Å². The predicted octanol–water partition coefficient (Wildman–Crippen LogP) is 1.93. The predicted molar refractivity (Wildman–Crippen MR) is 76.2 cm³/mol. The number of rotatable bonds is 3. The maximum absolute atomic E-state index is 12.4. The van der Waals surface area contributed by atoms with E-state index < -0.39 is 17.1 Å². The molecular formula is C12H13F3N6OS. The number of hydrogen-bond acceptors (Lipinski definition) is 6. The zero-order valence-electron chi connectivity index (χ0n) is 11.8. The van der Waals surface area contributed by atoms with Gasteiger partial charge in [-0.15, -0.1) is 10.2 Å². The van der Waals surface area contributed by atoms with Gasteiger partial charge in [0.05, 0.1) is 6.04 Å². The molecule has 3 rings (SSSR count). The summed E-state index contributed by atoms with van der Waals surface area (Å²) in [5.41, 5.74) is 0.124. The fourth-order valence-corrected chi connectivity index (χ4v) is 2.88. The molecule has 1 atom stereocenters. The first-order chi connectivity index (χ1) is 10.9. The molecule has 7 nitrogen and oxygen atoms in total. The number of alkyl halides is 3. The largest absolute Gasteiger partial charge is 0.445 e. The second-order valence-electron chi connectivity index (χ2n) is 5.05. The molecule has 1 saturated heterocycles. The van der Waals surface area contributed by atoms with Crippen LogP contribution in [0.25, 0.3) is 0 Å². The van der Waals surface area contributed by atoms with Crippen LogP contribution in [0.15, 0.2) is 12.3 Å². The van der Waals surface area contributed by atoms with Crippen molar-refractivity contribution < 1.29 is 18.0 Å². The number of nitrogens with one attached hydrogen (secondary N) is 2. The van der Waals surface area contributed by atoms with Gasteiger partial charge in [0.1, 0.15) is 0 Å². The molecule has 0 aliphatic carbocycles. The van der Waals surface area contributed by atoms with Crippen LogP contribution in [0.3, 0.4) is 0 Å². The van der Waals surface area contributed by atoms with E-state index in [-0.39, 0.29) is 28.2 Å². The Morgan fingerprint density at radius 3 is 2.91 bits per heavy atom. The van der Waals surface area contributed by atoms with Crippen molar-refractivity contribution in [3.63, 3.8) is 0 Å². The van der Waals surface area contributed by atoms with Crippen LogP contribution in [0.2, 0.25) is 0 Å². The topological polar surface area (TPSA) is 84.7 Å². The van der Waals surface area contributed by atoms with E-state index in [2.05, 4.69) is 25.9 Å². The Morgan fingerprint density at radius 2 is 2.26 bits per heavy atom. The van der Waals surface area contributed by atoms with Crippen LogP contribution in [-0.4, -0.2) is 39.0 Å². The Hall–Kier alpha value is -2.01. The molecule has 124 valence electrons. The van der Waals surface area contributed by atoms with Crippen molar-refractivity contribution in [2.45, 2.75) is 25.1 Å². The molecule has 0 saturated carbocycles. The molecule has 1 aliphatic heterocycles. The highest BCUT2D eigenvalue weighted by atomic mass is 32.1. The van der Waals surface area contributed by atoms with Gasteiger partial charge in [0.2, 0.25) is 10.1 Å². The Bertz CT molecular complexity index is 691. The number of amides is 1. The quantitative estimate of drug-likeness (QED) is 0.887. The van der Waals surface area contributed by atoms with Crippen molar-refractivity contribution in [3.8, 4) is 0 Å². The van der Waals surface area contributed by atoms with Crippen LogP contribution in [0.1, 0.15) is 34.4 Å². The number of aromatic nitrogens is 4. The van der Waals surface area contributed by atoms with Crippen LogP contribution in [0.4, 0.5) is 18.3 Å². The summed E-state index contributed by atoms with van der Waals surface area (Å²) in [6.45, 7) is 1.73. The van der Waals surface area contributed by atoms with Gasteiger partial charge in [0.15, 0.2) is 5.69 Å². The van der Waals surface area contributed by atoms with Gasteiger partial charge in [-0.25, -0.2) is 0 Å². The standard InChI is InChI=1S/C12H13F3N6OS/c13-12(14,15)10-18-19-11(23-10)17-9(22)8-3-5-21(20-8)7-2-1-4-16-6-7/h3,5,7,16H,1-2,4,6H2,(H,17,19,22). The number of piperidine rings is 1. The Kier molecular flexibility index (Phi) is 4.31. The number of halogens is 3. The minimum absolute atomic E-state index is 0.124. The Labute approximate surface area is 132 Å². The van der Waals surface area contributed by atoms with Crippen LogP contribution < -0.4 is 10.6 Å². The highest BCUT2D eigenvalue weighted by Gasteiger charge is 2.35. The lowest BCUT2D eigenvalue weighted by Gasteiger charge is -2.22. The van der Waals surface area contributed by atoms with Crippen LogP contribution in [-0.2, 0) is 6.18 Å². The van der Waals surface area contributed by atoms with E-state index in [0.29, 0.717) is 0 Å². The van der Waals surface area contributed by atoms with Gasteiger partial charge < -0.3 is 5.32 Å². The first-order valence-corrected chi connectivity index (χ1v) is 7.73. The summed E-state index contributed by atoms with van der Waals surface area (Å²) in [5, 5.41) is 14.7. The molecule has 2 aromatic rings. The summed E-state index contributed by atoms with van der Waals surface area (Å²) >= 11 is 0.274. The van der Waals surface area contributed by atoms with E-state index in [4.69, 9.17) is 0 Å². The lowest BCUT2D eigenvalue weighted by atomic mass is 10.1. The van der Waals surface area contributed by atoms with E-state index in [1.54, 1.807) is 10.9 Å². The SMILES string of the molecule is O=C(Nc1nnc(C(F)(F)F)s1)c1ccn(C2CCCNC2)n1. The molecule has 1 fully saturated rings. The van der Waals surface area contributed by atoms with Gasteiger partial charge in [-0.2, -0.15) is 18.3 Å². The second-order valence-corrected chi connectivity index (χ2v) is 6.02. The number of nitrogens with zero attached hydrogens (tertiary/aromatic N) is 4. The van der Waals surface area contributed by atoms with Gasteiger partial charge in [0, 0.05) is 12.7 Å². The van der Waals surface area contributed by atoms with Gasteiger partial charge in [-0.3, -0.25) is 14.8 Å². The van der Waals surface area contributed by atoms with Crippen LogP contribution in [0.5, 0.6) is 0 Å². The third kappa shape index (κ3) is 3.67. The van der Waals surface area contributed by atoms with Crippen LogP contribution in [0, 0.1) is 0 Å². The molecule has 23 heavy (non-hydrogen) atoms. The molecule has 3 heterocycles. The molecule has 0 spiro atoms. The van der Waals surface area contributed by atoms with E-state index >= 15 is 0 Å². The summed E-state index contributed by atoms with van der Waals surface area (Å²) < 4.78 is 39.0. The molecule has 2 N–H and O–H groups in total. The van der Waals surface area contributed by atoms with Gasteiger partial charge >= 0.3 is 6.18 Å². The summed E-state index contributed by atoms with van der Waals surface area (Å²) in [4.78, 5) is 12.0. The molecule has 1 aliphatic rings. The molecule has 1 amide bonds. The molecule has 11 heteroatoms. The zero-order chi connectivity index (χ0) is 16.4. The number of carbonyl (C=O) groups excluding carboxylic acids is 1. The minimum Gasteiger partial charge on any atom is -0.315 e. The maximum atomic E-state index is 12.4. The third-order valence-corrected chi connectivity index (χ3v) is 4.26. The second kappa shape index (κ2) is 6.24. The van der Waals surface area contributed by atoms with Crippen molar-refractivity contribution >= 4 is 22.4 Å². The number of carbonyl (C=O) groups is 1. The molecular weight excluding hydrogens is 333 g/mol. The molecule has 0 bridgehead atoms. The summed E-state index contributed by atoms with van der Waals surface area (Å²) in [7, 11) is 0. The monoisotopic (exact) mass is 346 g/mol. The highest BCUT2D eigenvalue weighted by molar-refractivity contribution is 7.15. The summed E-state index contributed by atoms with van der Waals surface area (Å²) in [6, 6.07) is 1.69. The lowest BCUT2D eigenvalue weighted by molar-refractivity contribution is -0.138. The smallest absolute Gasteiger partial charge is 0.315 e. The normalized spacial score (nSPS) is 18.8. The third-order valence-electron chi connectivity index (χ3n) is 3.37. The van der Waals surface area contributed by atoms with Gasteiger partial charge in [0.25, 0.3) is 5.91 Å². The molecule has 0 aromatic carbocycles. The number of anilines is 1. The van der Waals surface area contributed by atoms with Crippen LogP contribution >= 0.6 is 11.3 Å². The fraction of sp³-hybridized carbons (Fsp3) is 0.500. The van der Waals surface area contributed by atoms with E-state index in [1.165, 1.54) is 6.07 Å². The van der Waals surface area contributed by atoms with E-state index in [9.17, 15) is 18.0 Å². The first kappa shape index (κ1) is 15.9. The van der Waals surface area contributed by atoms with Gasteiger partial charge in [-0.05, 0) is 25.5 Å². The lowest BCUT2D eigenvalue weighted by Crippen LogP contribution is -2.32. The molecule has 0 radical (unpaired) electrons. The van der Waals surface area contributed by atoms with Crippen molar-refractivity contribution in [2.24, 2.45) is 0 Å². The summed E-state index contributed by atoms with van der Waals surface area (Å²) in [5.74, 6) is -0.614. The fourth-order valence-electron chi connectivity index (χ4n) is 2.27. The molecule has 2 aromatic heterocycles. The molecule has 1 unspecified atom stereocenters. The van der Waals surface area contributed by atoms with Crippen molar-refractivity contribution in [3.05, 3.63) is 23.0 Å². The highest BCUT2D eigenvalue weighted by Crippen LogP contribution is 2.33. The zero-order valence-corrected chi connectivity index (χ0v) is 12.6. The number of hydrogen-bond donors (Lipinski definition) is 2. The average Bonchev–Trinajstić information content (AvgIpc) is 3.16. The maximum Gasteiger partial charge on any atom is 0.445 e. The summed E-state index contributed by atoms with van der Waals surface area (Å²) in [6.07, 6.45) is -0.901. The Balaban J connectivity index is 1.66. The first-order valence-electron chi connectivity index (χ1n) is 6.91. The van der Waals surface area contributed by atoms with Gasteiger partial charge in [-0.1, -0.05) is 11.3 Å². The Morgan fingerprint density at radius 1 is 1.43 bits per heavy atom. The van der Waals surface area contributed by atoms with Crippen molar-refractivity contribution in [1.82, 2.24) is 25.3 Å². The minimum atomic E-state index is -4.57.